The quantitative estimate of drug-likeness (QED) is 0.296. The largest absolute Gasteiger partial charge is 0.377 e. The molecule has 4 aromatic rings. The van der Waals surface area contributed by atoms with E-state index in [1.165, 1.54) is 35.6 Å². The van der Waals surface area contributed by atoms with E-state index >= 15 is 0 Å². The Balaban J connectivity index is 1.70. The van der Waals surface area contributed by atoms with Crippen LogP contribution in [-0.4, -0.2) is 30.8 Å². The Kier molecular flexibility index (Phi) is 7.80. The van der Waals surface area contributed by atoms with Gasteiger partial charge >= 0.3 is 0 Å². The standard InChI is InChI=1S/C29H28FN3O2S/c1-20(21-8-5-4-6-9-21)33(29(35)22-11-13-24(30)14-12-22)19-23-18-25(15-16-26(23)32(2)3)31-28(34)27-10-7-17-36-27/h4-18,20H,19H2,1-3H3,(H,31,34). The number of benzene rings is 3. The van der Waals surface area contributed by atoms with Crippen molar-refractivity contribution in [3.8, 4) is 0 Å². The minimum atomic E-state index is -0.390. The number of carbonyl (C=O) groups is 2. The fourth-order valence-corrected chi connectivity index (χ4v) is 4.68. The van der Waals surface area contributed by atoms with Gasteiger partial charge in [-0.15, -0.1) is 11.3 Å². The van der Waals surface area contributed by atoms with E-state index < -0.39 is 5.82 Å². The van der Waals surface area contributed by atoms with Gasteiger partial charge in [0.1, 0.15) is 5.82 Å². The van der Waals surface area contributed by atoms with Crippen molar-refractivity contribution in [2.45, 2.75) is 19.5 Å². The third-order valence-corrected chi connectivity index (χ3v) is 6.87. The summed E-state index contributed by atoms with van der Waals surface area (Å²) in [7, 11) is 3.88. The van der Waals surface area contributed by atoms with Crippen LogP contribution in [0.1, 0.15) is 44.1 Å². The summed E-state index contributed by atoms with van der Waals surface area (Å²) < 4.78 is 13.5. The molecule has 36 heavy (non-hydrogen) atoms. The molecule has 4 rings (SSSR count). The lowest BCUT2D eigenvalue weighted by Gasteiger charge is -2.31. The zero-order chi connectivity index (χ0) is 25.7. The van der Waals surface area contributed by atoms with Crippen LogP contribution in [0.2, 0.25) is 0 Å². The number of amides is 2. The number of nitrogens with zero attached hydrogens (tertiary/aromatic N) is 2. The maximum absolute atomic E-state index is 13.7. The molecule has 0 aliphatic heterocycles. The molecule has 0 saturated heterocycles. The van der Waals surface area contributed by atoms with E-state index in [2.05, 4.69) is 5.32 Å². The maximum atomic E-state index is 13.7. The number of halogens is 1. The van der Waals surface area contributed by atoms with Gasteiger partial charge in [0.05, 0.1) is 10.9 Å². The predicted molar refractivity (Wildman–Crippen MR) is 144 cm³/mol. The van der Waals surface area contributed by atoms with Crippen LogP contribution >= 0.6 is 11.3 Å². The summed E-state index contributed by atoms with van der Waals surface area (Å²) >= 11 is 1.38. The van der Waals surface area contributed by atoms with Crippen LogP contribution in [0.4, 0.5) is 15.8 Å². The number of hydrogen-bond donors (Lipinski definition) is 1. The van der Waals surface area contributed by atoms with Crippen LogP contribution in [0.3, 0.4) is 0 Å². The Bertz CT molecular complexity index is 1320. The molecule has 3 aromatic carbocycles. The van der Waals surface area contributed by atoms with Gasteiger partial charge in [-0.1, -0.05) is 36.4 Å². The van der Waals surface area contributed by atoms with Crippen molar-refractivity contribution in [2.75, 3.05) is 24.3 Å². The summed E-state index contributed by atoms with van der Waals surface area (Å²) in [4.78, 5) is 30.7. The van der Waals surface area contributed by atoms with E-state index in [9.17, 15) is 14.0 Å². The lowest BCUT2D eigenvalue weighted by atomic mass is 10.0. The molecule has 7 heteroatoms. The first-order chi connectivity index (χ1) is 17.3. The van der Waals surface area contributed by atoms with Crippen molar-refractivity contribution in [2.24, 2.45) is 0 Å². The highest BCUT2D eigenvalue weighted by molar-refractivity contribution is 7.12. The maximum Gasteiger partial charge on any atom is 0.265 e. The summed E-state index contributed by atoms with van der Waals surface area (Å²) in [6, 6.07) is 24.5. The molecule has 1 aromatic heterocycles. The third-order valence-electron chi connectivity index (χ3n) is 6.01. The van der Waals surface area contributed by atoms with Crippen LogP contribution in [-0.2, 0) is 6.54 Å². The van der Waals surface area contributed by atoms with E-state index in [0.717, 1.165) is 16.8 Å². The van der Waals surface area contributed by atoms with E-state index in [1.54, 1.807) is 11.0 Å². The summed E-state index contributed by atoms with van der Waals surface area (Å²) in [5, 5.41) is 4.82. The number of hydrogen-bond acceptors (Lipinski definition) is 4. The van der Waals surface area contributed by atoms with Gasteiger partial charge in [-0.05, 0) is 72.0 Å². The van der Waals surface area contributed by atoms with Gasteiger partial charge in [0, 0.05) is 37.6 Å². The van der Waals surface area contributed by atoms with Crippen molar-refractivity contribution in [3.63, 3.8) is 0 Å². The number of rotatable bonds is 8. The second kappa shape index (κ2) is 11.2. The second-order valence-electron chi connectivity index (χ2n) is 8.70. The first-order valence-electron chi connectivity index (χ1n) is 11.6. The van der Waals surface area contributed by atoms with Crippen molar-refractivity contribution < 1.29 is 14.0 Å². The number of nitrogens with one attached hydrogen (secondary N) is 1. The van der Waals surface area contributed by atoms with Gasteiger partial charge < -0.3 is 15.1 Å². The fourth-order valence-electron chi connectivity index (χ4n) is 4.06. The van der Waals surface area contributed by atoms with E-state index in [4.69, 9.17) is 0 Å². The van der Waals surface area contributed by atoms with Crippen LogP contribution in [0.5, 0.6) is 0 Å². The molecule has 0 aliphatic carbocycles. The van der Waals surface area contributed by atoms with Crippen LogP contribution < -0.4 is 10.2 Å². The molecule has 0 spiro atoms. The first-order valence-corrected chi connectivity index (χ1v) is 12.5. The van der Waals surface area contributed by atoms with Crippen molar-refractivity contribution in [3.05, 3.63) is 118 Å². The SMILES string of the molecule is CC(c1ccccc1)N(Cc1cc(NC(=O)c2cccs2)ccc1N(C)C)C(=O)c1ccc(F)cc1. The molecule has 1 N–H and O–H groups in total. The molecule has 0 radical (unpaired) electrons. The lowest BCUT2D eigenvalue weighted by molar-refractivity contribution is 0.0674. The third kappa shape index (κ3) is 5.80. The Labute approximate surface area is 214 Å². The van der Waals surface area contributed by atoms with Gasteiger partial charge in [-0.2, -0.15) is 0 Å². The minimum Gasteiger partial charge on any atom is -0.377 e. The van der Waals surface area contributed by atoms with E-state index in [0.29, 0.717) is 22.7 Å². The minimum absolute atomic E-state index is 0.176. The summed E-state index contributed by atoms with van der Waals surface area (Å²) in [6.07, 6.45) is 0. The topological polar surface area (TPSA) is 52.7 Å². The number of anilines is 2. The fraction of sp³-hybridized carbons (Fsp3) is 0.172. The average Bonchev–Trinajstić information content (AvgIpc) is 3.43. The average molecular weight is 502 g/mol. The van der Waals surface area contributed by atoms with Crippen molar-refractivity contribution >= 4 is 34.5 Å². The molecule has 0 bridgehead atoms. The Morgan fingerprint density at radius 1 is 0.944 bits per heavy atom. The molecule has 184 valence electrons. The van der Waals surface area contributed by atoms with Crippen molar-refractivity contribution in [1.82, 2.24) is 4.90 Å². The Morgan fingerprint density at radius 2 is 1.67 bits per heavy atom. The van der Waals surface area contributed by atoms with Gasteiger partial charge in [-0.3, -0.25) is 9.59 Å². The van der Waals surface area contributed by atoms with Gasteiger partial charge in [0.15, 0.2) is 0 Å². The zero-order valence-electron chi connectivity index (χ0n) is 20.4. The van der Waals surface area contributed by atoms with Gasteiger partial charge in [0.25, 0.3) is 11.8 Å². The van der Waals surface area contributed by atoms with E-state index in [1.807, 2.05) is 85.9 Å². The lowest BCUT2D eigenvalue weighted by Crippen LogP contribution is -2.33. The van der Waals surface area contributed by atoms with Gasteiger partial charge in [-0.25, -0.2) is 4.39 Å². The van der Waals surface area contributed by atoms with E-state index in [-0.39, 0.29) is 17.9 Å². The molecule has 1 unspecified atom stereocenters. The molecule has 0 aliphatic rings. The Hall–Kier alpha value is -3.97. The molecular weight excluding hydrogens is 473 g/mol. The zero-order valence-corrected chi connectivity index (χ0v) is 21.3. The molecule has 1 atom stereocenters. The first kappa shape index (κ1) is 25.1. The van der Waals surface area contributed by atoms with Crippen LogP contribution in [0.25, 0.3) is 0 Å². The van der Waals surface area contributed by atoms with Crippen LogP contribution in [0.15, 0.2) is 90.3 Å². The molecule has 0 saturated carbocycles. The van der Waals surface area contributed by atoms with Crippen molar-refractivity contribution in [1.29, 1.82) is 0 Å². The predicted octanol–water partition coefficient (Wildman–Crippen LogP) is 6.61. The highest BCUT2D eigenvalue weighted by Crippen LogP contribution is 2.30. The highest BCUT2D eigenvalue weighted by atomic mass is 32.1. The second-order valence-corrected chi connectivity index (χ2v) is 9.64. The number of thiophene rings is 1. The summed E-state index contributed by atoms with van der Waals surface area (Å²) in [5.74, 6) is -0.771. The summed E-state index contributed by atoms with van der Waals surface area (Å²) in [6.45, 7) is 2.27. The normalized spacial score (nSPS) is 11.6. The molecule has 0 fully saturated rings. The highest BCUT2D eigenvalue weighted by Gasteiger charge is 2.25. The van der Waals surface area contributed by atoms with Crippen LogP contribution in [0, 0.1) is 5.82 Å². The smallest absolute Gasteiger partial charge is 0.265 e. The summed E-state index contributed by atoms with van der Waals surface area (Å²) in [5.41, 5.74) is 3.85. The Morgan fingerprint density at radius 3 is 2.31 bits per heavy atom. The van der Waals surface area contributed by atoms with Gasteiger partial charge in [0.2, 0.25) is 0 Å². The molecule has 5 nitrogen and oxygen atoms in total. The molecule has 2 amide bonds. The molecule has 1 heterocycles. The monoisotopic (exact) mass is 501 g/mol. The molecular formula is C29H28FN3O2S. The number of carbonyl (C=O) groups excluding carboxylic acids is 2.